The van der Waals surface area contributed by atoms with Crippen LogP contribution in [0.2, 0.25) is 0 Å². The molecule has 1 saturated carbocycles. The number of rotatable bonds is 5. The molecule has 2 amide bonds. The first-order valence-corrected chi connectivity index (χ1v) is 11.6. The van der Waals surface area contributed by atoms with E-state index in [-0.39, 0.29) is 11.8 Å². The zero-order valence-corrected chi connectivity index (χ0v) is 19.2. The van der Waals surface area contributed by atoms with E-state index in [1.165, 1.54) is 25.7 Å². The van der Waals surface area contributed by atoms with Crippen molar-refractivity contribution in [3.05, 3.63) is 30.1 Å². The minimum atomic E-state index is -5.08. The van der Waals surface area contributed by atoms with Gasteiger partial charge in [-0.2, -0.15) is 13.2 Å². The van der Waals surface area contributed by atoms with Gasteiger partial charge in [-0.25, -0.2) is 4.79 Å². The number of carboxylic acids is 1. The van der Waals surface area contributed by atoms with Crippen molar-refractivity contribution >= 4 is 23.5 Å². The van der Waals surface area contributed by atoms with Crippen LogP contribution in [-0.2, 0) is 25.8 Å². The summed E-state index contributed by atoms with van der Waals surface area (Å²) in [5.74, 6) is -2.20. The summed E-state index contributed by atoms with van der Waals surface area (Å²) >= 11 is 0. The van der Waals surface area contributed by atoms with E-state index in [1.807, 2.05) is 17.0 Å². The van der Waals surface area contributed by atoms with Gasteiger partial charge in [0.1, 0.15) is 5.71 Å². The van der Waals surface area contributed by atoms with Crippen molar-refractivity contribution in [1.82, 2.24) is 15.2 Å². The number of hydrogen-bond acceptors (Lipinski definition) is 6. The number of carbonyl (C=O) groups excluding carboxylic acids is 2. The molecular formula is C23H29F3N4O5. The van der Waals surface area contributed by atoms with Crippen LogP contribution in [0.4, 0.5) is 13.2 Å². The SMILES string of the molecule is O=C(NCc1cccnc1)C1=NOC2(CCCN(C(=O)CC3CCCC3)C2)C1.O=C(O)C(F)(F)F. The number of amides is 2. The van der Waals surface area contributed by atoms with E-state index in [0.29, 0.717) is 37.6 Å². The molecule has 3 heterocycles. The van der Waals surface area contributed by atoms with Crippen LogP contribution in [0.3, 0.4) is 0 Å². The maximum Gasteiger partial charge on any atom is 0.490 e. The van der Waals surface area contributed by atoms with Gasteiger partial charge in [0.05, 0.1) is 6.54 Å². The first-order valence-electron chi connectivity index (χ1n) is 11.6. The lowest BCUT2D eigenvalue weighted by molar-refractivity contribution is -0.192. The Hall–Kier alpha value is -3.18. The third kappa shape index (κ3) is 7.66. The molecule has 192 valence electrons. The second-order valence-corrected chi connectivity index (χ2v) is 9.11. The number of oxime groups is 1. The summed E-state index contributed by atoms with van der Waals surface area (Å²) in [6.07, 6.45) is 5.99. The number of carboxylic acid groups (broad SMARTS) is 1. The van der Waals surface area contributed by atoms with Gasteiger partial charge in [-0.3, -0.25) is 14.6 Å². The average Bonchev–Trinajstić information content (AvgIpc) is 3.48. The average molecular weight is 499 g/mol. The fourth-order valence-electron chi connectivity index (χ4n) is 4.55. The number of nitrogens with zero attached hydrogens (tertiary/aromatic N) is 3. The smallest absolute Gasteiger partial charge is 0.475 e. The summed E-state index contributed by atoms with van der Waals surface area (Å²) in [6.45, 7) is 1.71. The molecule has 12 heteroatoms. The molecule has 3 aliphatic rings. The lowest BCUT2D eigenvalue weighted by Gasteiger charge is -2.38. The standard InChI is InChI=1S/C21H28N4O3.C2HF3O2/c26-19(11-16-5-1-2-6-16)25-10-4-8-21(15-25)12-18(24-28-21)20(27)23-14-17-7-3-9-22-13-17;3-2(4,5)1(6)7/h3,7,9,13,16H,1-2,4-6,8,10-12,14-15H2,(H,23,27);(H,6,7). The van der Waals surface area contributed by atoms with Gasteiger partial charge in [-0.05, 0) is 43.2 Å². The fourth-order valence-corrected chi connectivity index (χ4v) is 4.55. The van der Waals surface area contributed by atoms with E-state index in [0.717, 1.165) is 24.9 Å². The van der Waals surface area contributed by atoms with Crippen LogP contribution in [0.15, 0.2) is 29.7 Å². The number of carbonyl (C=O) groups is 3. The number of aromatic nitrogens is 1. The quantitative estimate of drug-likeness (QED) is 0.644. The molecule has 1 saturated heterocycles. The predicted molar refractivity (Wildman–Crippen MR) is 118 cm³/mol. The molecule has 1 spiro atoms. The zero-order valence-electron chi connectivity index (χ0n) is 19.2. The Labute approximate surface area is 200 Å². The number of pyridine rings is 1. The van der Waals surface area contributed by atoms with Crippen LogP contribution in [0.5, 0.6) is 0 Å². The third-order valence-electron chi connectivity index (χ3n) is 6.35. The molecule has 2 aliphatic heterocycles. The molecule has 9 nitrogen and oxygen atoms in total. The molecule has 0 radical (unpaired) electrons. The number of alkyl halides is 3. The Morgan fingerprint density at radius 1 is 1.23 bits per heavy atom. The van der Waals surface area contributed by atoms with Crippen molar-refractivity contribution in [3.63, 3.8) is 0 Å². The molecule has 0 aromatic carbocycles. The molecule has 1 aromatic rings. The predicted octanol–water partition coefficient (Wildman–Crippen LogP) is 3.05. The normalized spacial score (nSPS) is 22.1. The summed E-state index contributed by atoms with van der Waals surface area (Å²) in [5, 5.41) is 14.1. The minimum Gasteiger partial charge on any atom is -0.475 e. The second-order valence-electron chi connectivity index (χ2n) is 9.11. The Bertz CT molecular complexity index is 935. The Balaban J connectivity index is 0.000000429. The lowest BCUT2D eigenvalue weighted by atomic mass is 9.87. The van der Waals surface area contributed by atoms with Crippen LogP contribution < -0.4 is 5.32 Å². The zero-order chi connectivity index (χ0) is 25.5. The summed E-state index contributed by atoms with van der Waals surface area (Å²) in [4.78, 5) is 45.8. The maximum atomic E-state index is 12.7. The van der Waals surface area contributed by atoms with Crippen LogP contribution >= 0.6 is 0 Å². The van der Waals surface area contributed by atoms with Crippen molar-refractivity contribution in [2.75, 3.05) is 13.1 Å². The van der Waals surface area contributed by atoms with E-state index < -0.39 is 17.7 Å². The molecule has 2 N–H and O–H groups in total. The summed E-state index contributed by atoms with van der Waals surface area (Å²) in [7, 11) is 0. The van der Waals surface area contributed by atoms with Gasteiger partial charge < -0.3 is 20.2 Å². The van der Waals surface area contributed by atoms with E-state index >= 15 is 0 Å². The number of halogens is 3. The monoisotopic (exact) mass is 498 g/mol. The van der Waals surface area contributed by atoms with Crippen molar-refractivity contribution in [3.8, 4) is 0 Å². The highest BCUT2D eigenvalue weighted by Crippen LogP contribution is 2.35. The van der Waals surface area contributed by atoms with Crippen molar-refractivity contribution in [1.29, 1.82) is 0 Å². The highest BCUT2D eigenvalue weighted by molar-refractivity contribution is 6.39. The molecule has 0 bridgehead atoms. The minimum absolute atomic E-state index is 0.213. The highest BCUT2D eigenvalue weighted by Gasteiger charge is 2.45. The van der Waals surface area contributed by atoms with Gasteiger partial charge >= 0.3 is 12.1 Å². The fraction of sp³-hybridized carbons (Fsp3) is 0.609. The van der Waals surface area contributed by atoms with E-state index in [4.69, 9.17) is 14.7 Å². The Morgan fingerprint density at radius 2 is 1.94 bits per heavy atom. The van der Waals surface area contributed by atoms with Crippen molar-refractivity contribution in [2.45, 2.75) is 69.7 Å². The molecule has 35 heavy (non-hydrogen) atoms. The van der Waals surface area contributed by atoms with Gasteiger partial charge in [0.15, 0.2) is 5.60 Å². The maximum absolute atomic E-state index is 12.7. The first kappa shape index (κ1) is 26.4. The summed E-state index contributed by atoms with van der Waals surface area (Å²) in [5.41, 5.74) is 0.810. The molecule has 4 rings (SSSR count). The number of nitrogens with one attached hydrogen (secondary N) is 1. The van der Waals surface area contributed by atoms with Crippen LogP contribution in [-0.4, -0.2) is 63.4 Å². The van der Waals surface area contributed by atoms with Gasteiger partial charge in [0.2, 0.25) is 5.91 Å². The van der Waals surface area contributed by atoms with Crippen LogP contribution in [0.1, 0.15) is 56.9 Å². The van der Waals surface area contributed by atoms with Crippen molar-refractivity contribution in [2.24, 2.45) is 11.1 Å². The number of aliphatic carboxylic acids is 1. The first-order chi connectivity index (χ1) is 16.6. The van der Waals surface area contributed by atoms with Gasteiger partial charge in [-0.15, -0.1) is 0 Å². The number of likely N-dealkylation sites (tertiary alicyclic amines) is 1. The number of hydrogen-bond donors (Lipinski definition) is 2. The van der Waals surface area contributed by atoms with Crippen LogP contribution in [0, 0.1) is 5.92 Å². The molecule has 1 aliphatic carbocycles. The Morgan fingerprint density at radius 3 is 2.57 bits per heavy atom. The van der Waals surface area contributed by atoms with Gasteiger partial charge in [-0.1, -0.05) is 24.1 Å². The van der Waals surface area contributed by atoms with E-state index in [1.54, 1.807) is 12.4 Å². The second kappa shape index (κ2) is 11.5. The van der Waals surface area contributed by atoms with Gasteiger partial charge in [0.25, 0.3) is 5.91 Å². The molecule has 1 aromatic heterocycles. The summed E-state index contributed by atoms with van der Waals surface area (Å²) in [6, 6.07) is 3.75. The van der Waals surface area contributed by atoms with E-state index in [2.05, 4.69) is 15.5 Å². The van der Waals surface area contributed by atoms with Gasteiger partial charge in [0, 0.05) is 38.3 Å². The number of piperidine rings is 1. The molecule has 1 atom stereocenters. The Kier molecular flexibility index (Phi) is 8.68. The van der Waals surface area contributed by atoms with Crippen molar-refractivity contribution < 1.29 is 37.5 Å². The molecule has 1 unspecified atom stereocenters. The third-order valence-corrected chi connectivity index (χ3v) is 6.35. The van der Waals surface area contributed by atoms with Crippen LogP contribution in [0.25, 0.3) is 0 Å². The van der Waals surface area contributed by atoms with E-state index in [9.17, 15) is 22.8 Å². The lowest BCUT2D eigenvalue weighted by Crippen LogP contribution is -2.51. The highest BCUT2D eigenvalue weighted by atomic mass is 19.4. The largest absolute Gasteiger partial charge is 0.490 e. The molecular weight excluding hydrogens is 469 g/mol. The summed E-state index contributed by atoms with van der Waals surface area (Å²) < 4.78 is 31.7. The topological polar surface area (TPSA) is 121 Å². The molecule has 2 fully saturated rings.